The number of halogens is 3. The van der Waals surface area contributed by atoms with Crippen LogP contribution in [0.25, 0.3) is 11.1 Å². The van der Waals surface area contributed by atoms with Gasteiger partial charge in [-0.1, -0.05) is 48.0 Å². The molecule has 3 rings (SSSR count). The SMILES string of the molecule is FC1(F)c2ccccc2-c2cccc(Cl)c21. The lowest BCUT2D eigenvalue weighted by Crippen LogP contribution is -2.11. The van der Waals surface area contributed by atoms with E-state index in [0.29, 0.717) is 11.1 Å². The van der Waals surface area contributed by atoms with Crippen LogP contribution in [-0.2, 0) is 5.92 Å². The van der Waals surface area contributed by atoms with Gasteiger partial charge in [-0.25, -0.2) is 0 Å². The number of hydrogen-bond acceptors (Lipinski definition) is 0. The predicted molar refractivity (Wildman–Crippen MR) is 59.9 cm³/mol. The minimum absolute atomic E-state index is 0.0399. The molecule has 0 amide bonds. The topological polar surface area (TPSA) is 0 Å². The van der Waals surface area contributed by atoms with Gasteiger partial charge < -0.3 is 0 Å². The van der Waals surface area contributed by atoms with E-state index in [9.17, 15) is 8.78 Å². The molecule has 0 aliphatic heterocycles. The summed E-state index contributed by atoms with van der Waals surface area (Å²) in [5.74, 6) is -2.98. The van der Waals surface area contributed by atoms with Crippen LogP contribution in [0.15, 0.2) is 42.5 Å². The number of rotatable bonds is 0. The quantitative estimate of drug-likeness (QED) is 0.634. The zero-order valence-corrected chi connectivity index (χ0v) is 8.93. The Kier molecular flexibility index (Phi) is 1.86. The van der Waals surface area contributed by atoms with E-state index in [4.69, 9.17) is 11.6 Å². The fourth-order valence-electron chi connectivity index (χ4n) is 2.19. The van der Waals surface area contributed by atoms with E-state index in [-0.39, 0.29) is 16.1 Å². The van der Waals surface area contributed by atoms with Crippen LogP contribution in [0.5, 0.6) is 0 Å². The van der Waals surface area contributed by atoms with Gasteiger partial charge in [0.25, 0.3) is 0 Å². The molecule has 2 aromatic rings. The van der Waals surface area contributed by atoms with Gasteiger partial charge in [-0.15, -0.1) is 0 Å². The van der Waals surface area contributed by atoms with Crippen LogP contribution < -0.4 is 0 Å². The fourth-order valence-corrected chi connectivity index (χ4v) is 2.49. The summed E-state index contributed by atoms with van der Waals surface area (Å²) in [7, 11) is 0. The molecule has 3 heteroatoms. The van der Waals surface area contributed by atoms with Crippen molar-refractivity contribution in [2.24, 2.45) is 0 Å². The average Bonchev–Trinajstić information content (AvgIpc) is 2.50. The van der Waals surface area contributed by atoms with Gasteiger partial charge in [0.1, 0.15) is 0 Å². The Bertz CT molecular complexity index is 576. The molecule has 0 saturated heterocycles. The molecular formula is C13H7ClF2. The van der Waals surface area contributed by atoms with E-state index >= 15 is 0 Å². The van der Waals surface area contributed by atoms with Crippen molar-refractivity contribution >= 4 is 11.6 Å². The minimum Gasteiger partial charge on any atom is -0.196 e. The van der Waals surface area contributed by atoms with E-state index in [2.05, 4.69) is 0 Å². The molecule has 0 radical (unpaired) electrons. The summed E-state index contributed by atoms with van der Waals surface area (Å²) in [5.41, 5.74) is 1.08. The van der Waals surface area contributed by atoms with E-state index in [1.54, 1.807) is 30.3 Å². The Balaban J connectivity index is 2.44. The number of hydrogen-bond donors (Lipinski definition) is 0. The van der Waals surface area contributed by atoms with Crippen LogP contribution in [0, 0.1) is 0 Å². The van der Waals surface area contributed by atoms with Crippen LogP contribution in [0.2, 0.25) is 5.02 Å². The van der Waals surface area contributed by atoms with Crippen LogP contribution in [-0.4, -0.2) is 0 Å². The molecule has 0 fully saturated rings. The van der Waals surface area contributed by atoms with Crippen molar-refractivity contribution in [2.45, 2.75) is 5.92 Å². The summed E-state index contributed by atoms with van der Waals surface area (Å²) >= 11 is 5.86. The normalized spacial score (nSPS) is 15.7. The molecule has 0 unspecified atom stereocenters. The van der Waals surface area contributed by atoms with Crippen molar-refractivity contribution in [3.63, 3.8) is 0 Å². The summed E-state index contributed by atoms with van der Waals surface area (Å²) < 4.78 is 28.2. The highest BCUT2D eigenvalue weighted by molar-refractivity contribution is 6.32. The third kappa shape index (κ3) is 1.08. The third-order valence-corrected chi connectivity index (χ3v) is 3.20. The van der Waals surface area contributed by atoms with Crippen molar-refractivity contribution in [3.8, 4) is 11.1 Å². The van der Waals surface area contributed by atoms with Crippen molar-refractivity contribution in [2.75, 3.05) is 0 Å². The van der Waals surface area contributed by atoms with E-state index in [1.165, 1.54) is 12.1 Å². The standard InChI is InChI=1S/C13H7ClF2/c14-11-7-3-5-9-8-4-1-2-6-10(8)13(15,16)12(9)11/h1-7H. The van der Waals surface area contributed by atoms with Gasteiger partial charge in [0.05, 0.1) is 10.6 Å². The highest BCUT2D eigenvalue weighted by Gasteiger charge is 2.45. The minimum atomic E-state index is -2.98. The summed E-state index contributed by atoms with van der Waals surface area (Å²) in [5, 5.41) is 0.124. The van der Waals surface area contributed by atoms with Crippen molar-refractivity contribution in [1.29, 1.82) is 0 Å². The Morgan fingerprint density at radius 2 is 1.56 bits per heavy atom. The van der Waals surface area contributed by atoms with Gasteiger partial charge in [-0.3, -0.25) is 0 Å². The molecule has 0 bridgehead atoms. The van der Waals surface area contributed by atoms with E-state index in [1.807, 2.05) is 0 Å². The summed E-state index contributed by atoms with van der Waals surface area (Å²) in [6.07, 6.45) is 0. The van der Waals surface area contributed by atoms with Crippen molar-refractivity contribution in [1.82, 2.24) is 0 Å². The van der Waals surface area contributed by atoms with Gasteiger partial charge in [0.15, 0.2) is 0 Å². The molecule has 2 aromatic carbocycles. The lowest BCUT2D eigenvalue weighted by molar-refractivity contribution is 0.0481. The Morgan fingerprint density at radius 1 is 0.875 bits per heavy atom. The van der Waals surface area contributed by atoms with Gasteiger partial charge in [0, 0.05) is 5.56 Å². The highest BCUT2D eigenvalue weighted by atomic mass is 35.5. The zero-order valence-electron chi connectivity index (χ0n) is 8.18. The first-order valence-corrected chi connectivity index (χ1v) is 5.27. The number of benzene rings is 2. The van der Waals surface area contributed by atoms with Gasteiger partial charge in [-0.2, -0.15) is 8.78 Å². The van der Waals surface area contributed by atoms with Gasteiger partial charge in [0.2, 0.25) is 0 Å². The van der Waals surface area contributed by atoms with Crippen LogP contribution in [0.4, 0.5) is 8.78 Å². The molecule has 0 atom stereocenters. The monoisotopic (exact) mass is 236 g/mol. The Labute approximate surface area is 96.5 Å². The molecule has 0 aromatic heterocycles. The van der Waals surface area contributed by atoms with Crippen LogP contribution in [0.3, 0.4) is 0 Å². The maximum absolute atomic E-state index is 14.1. The summed E-state index contributed by atoms with van der Waals surface area (Å²) in [4.78, 5) is 0. The molecule has 1 aliphatic carbocycles. The molecule has 80 valence electrons. The predicted octanol–water partition coefficient (Wildman–Crippen LogP) is 4.46. The fraction of sp³-hybridized carbons (Fsp3) is 0.0769. The van der Waals surface area contributed by atoms with Crippen molar-refractivity contribution < 1.29 is 8.78 Å². The van der Waals surface area contributed by atoms with Gasteiger partial charge in [-0.05, 0) is 17.2 Å². The maximum Gasteiger partial charge on any atom is 0.301 e. The van der Waals surface area contributed by atoms with Gasteiger partial charge >= 0.3 is 5.92 Å². The Morgan fingerprint density at radius 3 is 2.38 bits per heavy atom. The van der Waals surface area contributed by atoms with E-state index < -0.39 is 5.92 Å². The largest absolute Gasteiger partial charge is 0.301 e. The second kappa shape index (κ2) is 3.05. The highest BCUT2D eigenvalue weighted by Crippen LogP contribution is 2.52. The lowest BCUT2D eigenvalue weighted by atomic mass is 10.1. The zero-order chi connectivity index (χ0) is 11.3. The molecule has 0 nitrogen and oxygen atoms in total. The molecule has 0 heterocycles. The second-order valence-corrected chi connectivity index (χ2v) is 4.19. The molecular weight excluding hydrogens is 230 g/mol. The van der Waals surface area contributed by atoms with Crippen molar-refractivity contribution in [3.05, 3.63) is 58.6 Å². The summed E-state index contributed by atoms with van der Waals surface area (Å²) in [6, 6.07) is 11.4. The number of fused-ring (bicyclic) bond motifs is 3. The first-order valence-electron chi connectivity index (χ1n) is 4.89. The van der Waals surface area contributed by atoms with Crippen LogP contribution in [0.1, 0.15) is 11.1 Å². The first-order chi connectivity index (χ1) is 7.62. The maximum atomic E-state index is 14.1. The smallest absolute Gasteiger partial charge is 0.196 e. The average molecular weight is 237 g/mol. The molecule has 0 spiro atoms. The summed E-state index contributed by atoms with van der Waals surface area (Å²) in [6.45, 7) is 0. The third-order valence-electron chi connectivity index (χ3n) is 2.88. The molecule has 16 heavy (non-hydrogen) atoms. The van der Waals surface area contributed by atoms with E-state index in [0.717, 1.165) is 0 Å². The Hall–Kier alpha value is -1.41. The lowest BCUT2D eigenvalue weighted by Gasteiger charge is -2.12. The second-order valence-electron chi connectivity index (χ2n) is 3.78. The molecule has 1 aliphatic rings. The molecule has 0 saturated carbocycles. The number of alkyl halides is 2. The van der Waals surface area contributed by atoms with Crippen LogP contribution >= 0.6 is 11.6 Å². The molecule has 0 N–H and O–H groups in total. The first kappa shape index (κ1) is 9.79.